The van der Waals surface area contributed by atoms with E-state index in [4.69, 9.17) is 0 Å². The lowest BCUT2D eigenvalue weighted by molar-refractivity contribution is 0.483. The van der Waals surface area contributed by atoms with Crippen LogP contribution < -0.4 is 0 Å². The van der Waals surface area contributed by atoms with Crippen LogP contribution in [0, 0.1) is 5.92 Å². The van der Waals surface area contributed by atoms with Crippen molar-refractivity contribution in [3.63, 3.8) is 0 Å². The summed E-state index contributed by atoms with van der Waals surface area (Å²) in [7, 11) is 0. The zero-order valence-corrected chi connectivity index (χ0v) is 9.39. The van der Waals surface area contributed by atoms with E-state index in [9.17, 15) is 0 Å². The first-order chi connectivity index (χ1) is 6.22. The van der Waals surface area contributed by atoms with Gasteiger partial charge >= 0.3 is 0 Å². The number of benzene rings is 1. The number of hydrogen-bond acceptors (Lipinski definition) is 0. The molecule has 0 bridgehead atoms. The topological polar surface area (TPSA) is 0 Å². The second-order valence-electron chi connectivity index (χ2n) is 4.56. The van der Waals surface area contributed by atoms with Crippen molar-refractivity contribution in [2.75, 3.05) is 0 Å². The van der Waals surface area contributed by atoms with E-state index < -0.39 is 0 Å². The van der Waals surface area contributed by atoms with Gasteiger partial charge in [-0.25, -0.2) is 0 Å². The molecule has 2 aliphatic rings. The van der Waals surface area contributed by atoms with E-state index in [0.717, 1.165) is 5.92 Å². The van der Waals surface area contributed by atoms with Gasteiger partial charge in [-0.1, -0.05) is 28.9 Å². The fraction of sp³-hybridized carbons (Fsp3) is 0.500. The van der Waals surface area contributed by atoms with Gasteiger partial charge in [0.1, 0.15) is 0 Å². The molecular weight excluding hydrogens is 224 g/mol. The van der Waals surface area contributed by atoms with Crippen molar-refractivity contribution in [2.45, 2.75) is 31.6 Å². The lowest BCUT2D eigenvalue weighted by atomic mass is 9.91. The minimum absolute atomic E-state index is 0.596. The van der Waals surface area contributed by atoms with Gasteiger partial charge in [-0.05, 0) is 53.9 Å². The van der Waals surface area contributed by atoms with E-state index in [2.05, 4.69) is 41.1 Å². The first-order valence-electron chi connectivity index (χ1n) is 5.01. The van der Waals surface area contributed by atoms with Gasteiger partial charge in [0.2, 0.25) is 0 Å². The van der Waals surface area contributed by atoms with Gasteiger partial charge in [0, 0.05) is 4.47 Å². The van der Waals surface area contributed by atoms with Gasteiger partial charge in [0.25, 0.3) is 0 Å². The molecule has 1 heteroatoms. The second-order valence-corrected chi connectivity index (χ2v) is 5.48. The summed E-state index contributed by atoms with van der Waals surface area (Å²) in [6, 6.07) is 6.81. The Balaban J connectivity index is 2.19. The first kappa shape index (κ1) is 8.05. The summed E-state index contributed by atoms with van der Waals surface area (Å²) in [4.78, 5) is 0. The van der Waals surface area contributed by atoms with Crippen LogP contribution in [0.3, 0.4) is 0 Å². The lowest BCUT2D eigenvalue weighted by Gasteiger charge is -2.13. The third kappa shape index (κ3) is 0.969. The molecule has 0 heterocycles. The largest absolute Gasteiger partial charge is 0.0613 e. The molecule has 2 aliphatic carbocycles. The number of hydrogen-bond donors (Lipinski definition) is 0. The molecular formula is C12H13Br. The monoisotopic (exact) mass is 236 g/mol. The highest BCUT2D eigenvalue weighted by Gasteiger charge is 2.53. The molecule has 1 atom stereocenters. The number of rotatable bonds is 0. The molecule has 1 spiro atoms. The zero-order chi connectivity index (χ0) is 9.05. The Kier molecular flexibility index (Phi) is 1.48. The maximum absolute atomic E-state index is 3.56. The molecule has 0 saturated heterocycles. The Morgan fingerprint density at radius 3 is 2.85 bits per heavy atom. The van der Waals surface area contributed by atoms with Crippen LogP contribution in [0.2, 0.25) is 0 Å². The maximum atomic E-state index is 3.56. The highest BCUT2D eigenvalue weighted by atomic mass is 79.9. The van der Waals surface area contributed by atoms with E-state index in [1.54, 1.807) is 11.1 Å². The molecule has 0 aromatic heterocycles. The van der Waals surface area contributed by atoms with E-state index in [1.807, 2.05) is 0 Å². The predicted molar refractivity (Wildman–Crippen MR) is 57.9 cm³/mol. The van der Waals surface area contributed by atoms with Crippen molar-refractivity contribution >= 4 is 15.9 Å². The van der Waals surface area contributed by atoms with Crippen molar-refractivity contribution < 1.29 is 0 Å². The van der Waals surface area contributed by atoms with Crippen molar-refractivity contribution in [3.05, 3.63) is 33.8 Å². The van der Waals surface area contributed by atoms with Crippen LogP contribution in [0.1, 0.15) is 30.9 Å². The fourth-order valence-electron chi connectivity index (χ4n) is 2.88. The summed E-state index contributed by atoms with van der Waals surface area (Å²) in [6.07, 6.45) is 4.12. The highest BCUT2D eigenvalue weighted by Crippen LogP contribution is 2.59. The summed E-state index contributed by atoms with van der Waals surface area (Å²) < 4.78 is 1.24. The lowest BCUT2D eigenvalue weighted by Crippen LogP contribution is -2.10. The van der Waals surface area contributed by atoms with Crippen LogP contribution in [-0.4, -0.2) is 0 Å². The predicted octanol–water partition coefficient (Wildman–Crippen LogP) is 3.67. The summed E-state index contributed by atoms with van der Waals surface area (Å²) in [5.41, 5.74) is 3.82. The van der Waals surface area contributed by atoms with Crippen molar-refractivity contribution in [3.8, 4) is 0 Å². The summed E-state index contributed by atoms with van der Waals surface area (Å²) in [5.74, 6) is 0.872. The molecule has 1 unspecified atom stereocenters. The molecule has 1 fully saturated rings. The fourth-order valence-corrected chi connectivity index (χ4v) is 3.24. The van der Waals surface area contributed by atoms with Gasteiger partial charge in [-0.15, -0.1) is 0 Å². The van der Waals surface area contributed by atoms with E-state index in [-0.39, 0.29) is 0 Å². The van der Waals surface area contributed by atoms with Crippen LogP contribution in [0.5, 0.6) is 0 Å². The summed E-state index contributed by atoms with van der Waals surface area (Å²) in [6.45, 7) is 2.40. The summed E-state index contributed by atoms with van der Waals surface area (Å²) in [5, 5.41) is 0. The molecule has 0 radical (unpaired) electrons. The first-order valence-corrected chi connectivity index (χ1v) is 5.80. The number of halogens is 1. The molecule has 1 aromatic carbocycles. The second kappa shape index (κ2) is 2.38. The Morgan fingerprint density at radius 1 is 1.38 bits per heavy atom. The van der Waals surface area contributed by atoms with Crippen LogP contribution >= 0.6 is 15.9 Å². The third-order valence-electron chi connectivity index (χ3n) is 3.87. The Hall–Kier alpha value is -0.300. The Labute approximate surface area is 87.5 Å². The van der Waals surface area contributed by atoms with Crippen molar-refractivity contribution in [1.29, 1.82) is 0 Å². The normalized spacial score (nSPS) is 27.7. The van der Waals surface area contributed by atoms with Crippen LogP contribution in [0.15, 0.2) is 22.7 Å². The van der Waals surface area contributed by atoms with E-state index in [1.165, 1.54) is 23.7 Å². The average molecular weight is 237 g/mol. The number of fused-ring (bicyclic) bond motifs is 2. The van der Waals surface area contributed by atoms with Gasteiger partial charge in [-0.3, -0.25) is 0 Å². The van der Waals surface area contributed by atoms with Gasteiger partial charge in [-0.2, -0.15) is 0 Å². The van der Waals surface area contributed by atoms with E-state index >= 15 is 0 Å². The third-order valence-corrected chi connectivity index (χ3v) is 4.36. The molecule has 3 rings (SSSR count). The smallest absolute Gasteiger partial charge is 0.0178 e. The molecule has 0 aliphatic heterocycles. The SMILES string of the molecule is CC1Cc2ccc(Br)cc2C12CC2. The van der Waals surface area contributed by atoms with Crippen LogP contribution in [-0.2, 0) is 11.8 Å². The van der Waals surface area contributed by atoms with Gasteiger partial charge in [0.05, 0.1) is 0 Å². The highest BCUT2D eigenvalue weighted by molar-refractivity contribution is 9.10. The van der Waals surface area contributed by atoms with Crippen LogP contribution in [0.25, 0.3) is 0 Å². The maximum Gasteiger partial charge on any atom is 0.0178 e. The van der Waals surface area contributed by atoms with Crippen LogP contribution in [0.4, 0.5) is 0 Å². The average Bonchev–Trinajstić information content (AvgIpc) is 2.83. The van der Waals surface area contributed by atoms with Gasteiger partial charge in [0.15, 0.2) is 0 Å². The molecule has 68 valence electrons. The van der Waals surface area contributed by atoms with Gasteiger partial charge < -0.3 is 0 Å². The molecule has 13 heavy (non-hydrogen) atoms. The molecule has 1 aromatic rings. The van der Waals surface area contributed by atoms with Crippen molar-refractivity contribution in [1.82, 2.24) is 0 Å². The minimum atomic E-state index is 0.596. The van der Waals surface area contributed by atoms with E-state index in [0.29, 0.717) is 5.41 Å². The molecule has 0 N–H and O–H groups in total. The standard InChI is InChI=1S/C12H13Br/c1-8-6-9-2-3-10(13)7-11(9)12(8)4-5-12/h2-3,7-8H,4-6H2,1H3. The van der Waals surface area contributed by atoms with Crippen molar-refractivity contribution in [2.24, 2.45) is 5.92 Å². The molecule has 1 saturated carbocycles. The minimum Gasteiger partial charge on any atom is -0.0613 e. The molecule has 0 amide bonds. The quantitative estimate of drug-likeness (QED) is 0.645. The molecule has 0 nitrogen and oxygen atoms in total. The summed E-state index contributed by atoms with van der Waals surface area (Å²) >= 11 is 3.56. The Morgan fingerprint density at radius 2 is 2.15 bits per heavy atom. The zero-order valence-electron chi connectivity index (χ0n) is 7.81. The Bertz CT molecular complexity index is 363.